The minimum atomic E-state index is 0.375. The van der Waals surface area contributed by atoms with Crippen LogP contribution in [0.3, 0.4) is 0 Å². The van der Waals surface area contributed by atoms with E-state index in [0.717, 1.165) is 12.3 Å². The molecule has 1 fully saturated rings. The summed E-state index contributed by atoms with van der Waals surface area (Å²) in [5.74, 6) is 3.54. The van der Waals surface area contributed by atoms with Crippen LogP contribution in [0.4, 0.5) is 0 Å². The minimum absolute atomic E-state index is 0.375. The van der Waals surface area contributed by atoms with Gasteiger partial charge in [-0.3, -0.25) is 0 Å². The van der Waals surface area contributed by atoms with Gasteiger partial charge < -0.3 is 11.1 Å². The SMILES string of the molecule is CC(N)CCSCC1CCNCC1. The molecule has 1 heterocycles. The van der Waals surface area contributed by atoms with E-state index in [-0.39, 0.29) is 0 Å². The van der Waals surface area contributed by atoms with Crippen LogP contribution in [0.2, 0.25) is 0 Å². The van der Waals surface area contributed by atoms with Crippen LogP contribution in [0.1, 0.15) is 26.2 Å². The van der Waals surface area contributed by atoms with Crippen molar-refractivity contribution in [3.63, 3.8) is 0 Å². The Morgan fingerprint density at radius 2 is 2.15 bits per heavy atom. The summed E-state index contributed by atoms with van der Waals surface area (Å²) in [5.41, 5.74) is 5.69. The average molecular weight is 202 g/mol. The molecule has 0 aromatic rings. The Hall–Kier alpha value is 0.270. The predicted octanol–water partition coefficient (Wildman–Crippen LogP) is 1.46. The van der Waals surface area contributed by atoms with Gasteiger partial charge in [-0.15, -0.1) is 0 Å². The highest BCUT2D eigenvalue weighted by molar-refractivity contribution is 7.99. The van der Waals surface area contributed by atoms with Crippen LogP contribution in [0.25, 0.3) is 0 Å². The molecular weight excluding hydrogens is 180 g/mol. The normalized spacial score (nSPS) is 21.7. The Morgan fingerprint density at radius 3 is 2.77 bits per heavy atom. The molecular formula is C10H22N2S. The Balaban J connectivity index is 1.92. The summed E-state index contributed by atoms with van der Waals surface area (Å²) in [7, 11) is 0. The smallest absolute Gasteiger partial charge is 0.00183 e. The van der Waals surface area contributed by atoms with Crippen LogP contribution in [0, 0.1) is 5.92 Å². The molecule has 3 heteroatoms. The van der Waals surface area contributed by atoms with Crippen LogP contribution >= 0.6 is 11.8 Å². The lowest BCUT2D eigenvalue weighted by Crippen LogP contribution is -2.28. The fourth-order valence-electron chi connectivity index (χ4n) is 1.57. The maximum atomic E-state index is 5.69. The molecule has 1 aliphatic rings. The second-order valence-corrected chi connectivity index (χ2v) is 5.18. The molecule has 3 N–H and O–H groups in total. The fourth-order valence-corrected chi connectivity index (χ4v) is 2.94. The third kappa shape index (κ3) is 5.55. The van der Waals surface area contributed by atoms with E-state index in [9.17, 15) is 0 Å². The topological polar surface area (TPSA) is 38.0 Å². The van der Waals surface area contributed by atoms with Gasteiger partial charge in [0, 0.05) is 6.04 Å². The van der Waals surface area contributed by atoms with Crippen molar-refractivity contribution in [3.8, 4) is 0 Å². The molecule has 1 unspecified atom stereocenters. The van der Waals surface area contributed by atoms with Crippen molar-refractivity contribution in [2.24, 2.45) is 11.7 Å². The summed E-state index contributed by atoms with van der Waals surface area (Å²) in [5, 5.41) is 3.39. The average Bonchev–Trinajstić information content (AvgIpc) is 2.14. The third-order valence-corrected chi connectivity index (χ3v) is 3.76. The first-order valence-corrected chi connectivity index (χ1v) is 6.48. The van der Waals surface area contributed by atoms with Crippen molar-refractivity contribution in [1.82, 2.24) is 5.32 Å². The highest BCUT2D eigenvalue weighted by Gasteiger charge is 2.12. The van der Waals surface area contributed by atoms with Gasteiger partial charge in [0.15, 0.2) is 0 Å². The van der Waals surface area contributed by atoms with Gasteiger partial charge in [-0.05, 0) is 56.7 Å². The summed E-state index contributed by atoms with van der Waals surface area (Å²) < 4.78 is 0. The van der Waals surface area contributed by atoms with Gasteiger partial charge in [0.05, 0.1) is 0 Å². The molecule has 0 radical (unpaired) electrons. The van der Waals surface area contributed by atoms with E-state index in [2.05, 4.69) is 24.0 Å². The van der Waals surface area contributed by atoms with Crippen molar-refractivity contribution >= 4 is 11.8 Å². The van der Waals surface area contributed by atoms with Crippen LogP contribution in [0.15, 0.2) is 0 Å². The van der Waals surface area contributed by atoms with Crippen molar-refractivity contribution in [1.29, 1.82) is 0 Å². The van der Waals surface area contributed by atoms with Gasteiger partial charge in [-0.25, -0.2) is 0 Å². The Morgan fingerprint density at radius 1 is 1.46 bits per heavy atom. The standard InChI is InChI=1S/C10H22N2S/c1-9(11)4-7-13-8-10-2-5-12-6-3-10/h9-10,12H,2-8,11H2,1H3. The molecule has 0 saturated carbocycles. The molecule has 1 rings (SSSR count). The van der Waals surface area contributed by atoms with Gasteiger partial charge in [0.2, 0.25) is 0 Å². The molecule has 1 atom stereocenters. The first kappa shape index (κ1) is 11.3. The van der Waals surface area contributed by atoms with Crippen LogP contribution in [-0.2, 0) is 0 Å². The highest BCUT2D eigenvalue weighted by atomic mass is 32.2. The van der Waals surface area contributed by atoms with E-state index in [4.69, 9.17) is 5.73 Å². The zero-order valence-electron chi connectivity index (χ0n) is 8.59. The molecule has 0 aromatic carbocycles. The summed E-state index contributed by atoms with van der Waals surface area (Å²) in [6.07, 6.45) is 3.89. The lowest BCUT2D eigenvalue weighted by Gasteiger charge is -2.22. The van der Waals surface area contributed by atoms with Crippen LogP contribution in [0.5, 0.6) is 0 Å². The largest absolute Gasteiger partial charge is 0.328 e. The molecule has 78 valence electrons. The zero-order chi connectivity index (χ0) is 9.52. The molecule has 0 aromatic heterocycles. The van der Waals surface area contributed by atoms with Gasteiger partial charge in [-0.2, -0.15) is 11.8 Å². The number of nitrogens with one attached hydrogen (secondary N) is 1. The second-order valence-electron chi connectivity index (χ2n) is 4.03. The number of hydrogen-bond acceptors (Lipinski definition) is 3. The van der Waals surface area contributed by atoms with E-state index >= 15 is 0 Å². The molecule has 0 spiro atoms. The summed E-state index contributed by atoms with van der Waals surface area (Å²) >= 11 is 2.08. The van der Waals surface area contributed by atoms with E-state index in [1.54, 1.807) is 0 Å². The van der Waals surface area contributed by atoms with Gasteiger partial charge in [0.1, 0.15) is 0 Å². The number of thioether (sulfide) groups is 1. The van der Waals surface area contributed by atoms with Crippen LogP contribution < -0.4 is 11.1 Å². The van der Waals surface area contributed by atoms with E-state index in [0.29, 0.717) is 6.04 Å². The number of hydrogen-bond donors (Lipinski definition) is 2. The third-order valence-electron chi connectivity index (χ3n) is 2.53. The Labute approximate surface area is 86.0 Å². The second kappa shape index (κ2) is 6.68. The molecule has 0 bridgehead atoms. The van der Waals surface area contributed by atoms with Gasteiger partial charge in [0.25, 0.3) is 0 Å². The van der Waals surface area contributed by atoms with Crippen molar-refractivity contribution in [3.05, 3.63) is 0 Å². The van der Waals surface area contributed by atoms with E-state index in [1.807, 2.05) is 0 Å². The number of nitrogens with two attached hydrogens (primary N) is 1. The number of piperidine rings is 1. The monoisotopic (exact) mass is 202 g/mol. The lowest BCUT2D eigenvalue weighted by molar-refractivity contribution is 0.408. The van der Waals surface area contributed by atoms with Crippen molar-refractivity contribution < 1.29 is 0 Å². The lowest BCUT2D eigenvalue weighted by atomic mass is 10.0. The van der Waals surface area contributed by atoms with Crippen molar-refractivity contribution in [2.45, 2.75) is 32.2 Å². The minimum Gasteiger partial charge on any atom is -0.328 e. The number of rotatable bonds is 5. The first-order chi connectivity index (χ1) is 6.29. The summed E-state index contributed by atoms with van der Waals surface area (Å²) in [4.78, 5) is 0. The summed E-state index contributed by atoms with van der Waals surface area (Å²) in [6, 6.07) is 0.375. The molecule has 1 aliphatic heterocycles. The zero-order valence-corrected chi connectivity index (χ0v) is 9.41. The molecule has 13 heavy (non-hydrogen) atoms. The highest BCUT2D eigenvalue weighted by Crippen LogP contribution is 2.18. The molecule has 1 saturated heterocycles. The van der Waals surface area contributed by atoms with Crippen LogP contribution in [-0.4, -0.2) is 30.6 Å². The van der Waals surface area contributed by atoms with Crippen molar-refractivity contribution in [2.75, 3.05) is 24.6 Å². The molecule has 0 amide bonds. The van der Waals surface area contributed by atoms with E-state index < -0.39 is 0 Å². The quantitative estimate of drug-likeness (QED) is 0.663. The maximum absolute atomic E-state index is 5.69. The van der Waals surface area contributed by atoms with E-state index in [1.165, 1.54) is 37.4 Å². The Kier molecular flexibility index (Phi) is 5.83. The fraction of sp³-hybridized carbons (Fsp3) is 1.00. The summed E-state index contributed by atoms with van der Waals surface area (Å²) in [6.45, 7) is 4.53. The Bertz CT molecular complexity index is 122. The maximum Gasteiger partial charge on any atom is 0.00183 e. The molecule has 0 aliphatic carbocycles. The van der Waals surface area contributed by atoms with Gasteiger partial charge >= 0.3 is 0 Å². The first-order valence-electron chi connectivity index (χ1n) is 5.33. The van der Waals surface area contributed by atoms with Gasteiger partial charge in [-0.1, -0.05) is 0 Å². The predicted molar refractivity (Wildman–Crippen MR) is 61.2 cm³/mol. The molecule has 2 nitrogen and oxygen atoms in total.